The van der Waals surface area contributed by atoms with Gasteiger partial charge in [0.05, 0.1) is 0 Å². The first kappa shape index (κ1) is 30.4. The number of unbranched alkanes of at least 4 members (excludes halogenated alkanes) is 13. The molecule has 0 radical (unpaired) electrons. The van der Waals surface area contributed by atoms with Crippen molar-refractivity contribution < 1.29 is 4.79 Å². The van der Waals surface area contributed by atoms with Crippen LogP contribution in [0.2, 0.25) is 0 Å². The minimum atomic E-state index is 0.149. The van der Waals surface area contributed by atoms with Crippen LogP contribution in [0.15, 0.2) is 0 Å². The van der Waals surface area contributed by atoms with Crippen molar-refractivity contribution in [2.45, 2.75) is 150 Å². The van der Waals surface area contributed by atoms with Crippen LogP contribution < -0.4 is 10.9 Å². The highest BCUT2D eigenvalue weighted by atomic mass is 16.2. The van der Waals surface area contributed by atoms with Gasteiger partial charge in [-0.1, -0.05) is 124 Å². The summed E-state index contributed by atoms with van der Waals surface area (Å²) in [5, 5.41) is 1.73. The molecule has 0 spiro atoms. The molecule has 0 bridgehead atoms. The van der Waals surface area contributed by atoms with E-state index in [0.29, 0.717) is 0 Å². The number of carbonyl (C=O) groups is 1. The van der Waals surface area contributed by atoms with E-state index in [1.807, 2.05) is 0 Å². The lowest BCUT2D eigenvalue weighted by Gasteiger charge is -2.28. The van der Waals surface area contributed by atoms with Crippen LogP contribution in [-0.4, -0.2) is 24.1 Å². The van der Waals surface area contributed by atoms with Crippen LogP contribution >= 0.6 is 0 Å². The molecule has 2 N–H and O–H groups in total. The lowest BCUT2D eigenvalue weighted by atomic mass is 9.95. The van der Waals surface area contributed by atoms with Gasteiger partial charge >= 0.3 is 0 Å². The van der Waals surface area contributed by atoms with Crippen LogP contribution in [0.25, 0.3) is 0 Å². The van der Waals surface area contributed by atoms with Crippen molar-refractivity contribution in [1.82, 2.24) is 16.0 Å². The smallest absolute Gasteiger partial charge is 0.254 e. The van der Waals surface area contributed by atoms with Crippen molar-refractivity contribution in [2.24, 2.45) is 5.92 Å². The number of nitrogens with one attached hydrogen (secondary N) is 2. The van der Waals surface area contributed by atoms with Crippen molar-refractivity contribution in [1.29, 1.82) is 0 Å². The van der Waals surface area contributed by atoms with E-state index in [-0.39, 0.29) is 11.8 Å². The highest BCUT2D eigenvalue weighted by Gasteiger charge is 2.23. The maximum absolute atomic E-state index is 13.2. The molecule has 0 aliphatic carbocycles. The van der Waals surface area contributed by atoms with E-state index in [1.165, 1.54) is 77.0 Å². The summed E-state index contributed by atoms with van der Waals surface area (Å²) >= 11 is 0. The maximum atomic E-state index is 13.2. The normalized spacial score (nSPS) is 12.3. The van der Waals surface area contributed by atoms with Crippen molar-refractivity contribution in [3.05, 3.63) is 0 Å². The molecule has 0 saturated carbocycles. The number of hydrogen-bond donors (Lipinski definition) is 2. The fourth-order valence-electron chi connectivity index (χ4n) is 4.10. The minimum Gasteiger partial charge on any atom is -0.272 e. The summed E-state index contributed by atoms with van der Waals surface area (Å²) in [6, 6.07) is 0. The summed E-state index contributed by atoms with van der Waals surface area (Å²) in [5.74, 6) is 0.397. The SMILES string of the molecule is CCCCCCCCCCCCCCC(CCC)C(=O)N(NCCCC)NCCCC. The average Bonchev–Trinajstić information content (AvgIpc) is 2.77. The van der Waals surface area contributed by atoms with Crippen LogP contribution in [0.3, 0.4) is 0 Å². The van der Waals surface area contributed by atoms with Gasteiger partial charge in [-0.3, -0.25) is 4.79 Å². The fraction of sp³-hybridized carbons (Fsp3) is 0.963. The zero-order chi connectivity index (χ0) is 23.0. The molecule has 31 heavy (non-hydrogen) atoms. The Morgan fingerprint density at radius 3 is 1.39 bits per heavy atom. The Kier molecular flexibility index (Phi) is 23.6. The zero-order valence-electron chi connectivity index (χ0n) is 21.8. The number of nitrogens with zero attached hydrogens (tertiary/aromatic N) is 1. The molecule has 0 aromatic carbocycles. The lowest BCUT2D eigenvalue weighted by molar-refractivity contribution is -0.143. The summed E-state index contributed by atoms with van der Waals surface area (Å²) in [6.45, 7) is 10.6. The van der Waals surface area contributed by atoms with Gasteiger partial charge in [-0.15, -0.1) is 0 Å². The van der Waals surface area contributed by atoms with E-state index in [2.05, 4.69) is 38.5 Å². The van der Waals surface area contributed by atoms with Gasteiger partial charge < -0.3 is 0 Å². The molecule has 0 aromatic rings. The first-order chi connectivity index (χ1) is 15.2. The molecule has 0 rings (SSSR count). The van der Waals surface area contributed by atoms with Crippen LogP contribution in [0.1, 0.15) is 150 Å². The van der Waals surface area contributed by atoms with Crippen molar-refractivity contribution in [2.75, 3.05) is 13.1 Å². The second-order valence-electron chi connectivity index (χ2n) is 9.36. The fourth-order valence-corrected chi connectivity index (χ4v) is 4.10. The molecule has 4 heteroatoms. The van der Waals surface area contributed by atoms with Crippen molar-refractivity contribution in [3.63, 3.8) is 0 Å². The van der Waals surface area contributed by atoms with Gasteiger partial charge in [0.1, 0.15) is 0 Å². The van der Waals surface area contributed by atoms with Gasteiger partial charge in [-0.05, 0) is 25.7 Å². The molecule has 186 valence electrons. The third-order valence-electron chi connectivity index (χ3n) is 6.21. The monoisotopic (exact) mass is 439 g/mol. The predicted octanol–water partition coefficient (Wildman–Crippen LogP) is 7.93. The molecule has 0 aromatic heterocycles. The molecule has 1 unspecified atom stereocenters. The number of carbonyl (C=O) groups excluding carboxylic acids is 1. The molecular weight excluding hydrogens is 382 g/mol. The van der Waals surface area contributed by atoms with E-state index >= 15 is 0 Å². The molecule has 1 amide bonds. The molecule has 0 heterocycles. The maximum Gasteiger partial charge on any atom is 0.254 e. The van der Waals surface area contributed by atoms with Crippen LogP contribution in [0.4, 0.5) is 0 Å². The Morgan fingerprint density at radius 1 is 0.548 bits per heavy atom. The van der Waals surface area contributed by atoms with Gasteiger partial charge in [0.15, 0.2) is 0 Å². The number of amides is 1. The highest BCUT2D eigenvalue weighted by molar-refractivity contribution is 5.77. The average molecular weight is 440 g/mol. The molecule has 4 nitrogen and oxygen atoms in total. The summed E-state index contributed by atoms with van der Waals surface area (Å²) < 4.78 is 0. The number of hydrazine groups is 2. The van der Waals surface area contributed by atoms with E-state index in [0.717, 1.165) is 58.0 Å². The second kappa shape index (κ2) is 24.0. The largest absolute Gasteiger partial charge is 0.272 e. The molecule has 0 saturated heterocycles. The quantitative estimate of drug-likeness (QED) is 0.118. The first-order valence-corrected chi connectivity index (χ1v) is 14.0. The Labute approximate surface area is 195 Å². The molecule has 0 fully saturated rings. The van der Waals surface area contributed by atoms with Gasteiger partial charge in [-0.25, -0.2) is 16.0 Å². The Balaban J connectivity index is 4.09. The Bertz CT molecular complexity index is 365. The van der Waals surface area contributed by atoms with Gasteiger partial charge in [0.2, 0.25) is 0 Å². The Morgan fingerprint density at radius 2 is 0.968 bits per heavy atom. The molecule has 0 aliphatic rings. The van der Waals surface area contributed by atoms with E-state index in [4.69, 9.17) is 0 Å². The first-order valence-electron chi connectivity index (χ1n) is 14.0. The molecule has 1 atom stereocenters. The zero-order valence-corrected chi connectivity index (χ0v) is 21.8. The summed E-state index contributed by atoms with van der Waals surface area (Å²) in [4.78, 5) is 13.2. The van der Waals surface area contributed by atoms with E-state index < -0.39 is 0 Å². The number of hydrogen-bond acceptors (Lipinski definition) is 3. The van der Waals surface area contributed by atoms with Crippen LogP contribution in [-0.2, 0) is 4.79 Å². The molecular formula is C27H57N3O. The standard InChI is InChI=1S/C27H57N3O/c1-5-9-12-13-14-15-16-17-18-19-20-21-23-26(22-8-4)27(31)30(28-24-10-6-2)29-25-11-7-3/h26,28-29H,5-25H2,1-4H3. The predicted molar refractivity (Wildman–Crippen MR) is 137 cm³/mol. The van der Waals surface area contributed by atoms with E-state index in [9.17, 15) is 4.79 Å². The minimum absolute atomic E-state index is 0.149. The lowest BCUT2D eigenvalue weighted by Crippen LogP contribution is -2.54. The third kappa shape index (κ3) is 18.6. The van der Waals surface area contributed by atoms with Crippen molar-refractivity contribution in [3.8, 4) is 0 Å². The number of rotatable bonds is 24. The third-order valence-corrected chi connectivity index (χ3v) is 6.21. The highest BCUT2D eigenvalue weighted by Crippen LogP contribution is 2.19. The van der Waals surface area contributed by atoms with E-state index in [1.54, 1.807) is 5.12 Å². The van der Waals surface area contributed by atoms with Gasteiger partial charge in [-0.2, -0.15) is 0 Å². The Hall–Kier alpha value is -0.610. The molecule has 0 aliphatic heterocycles. The van der Waals surface area contributed by atoms with Crippen LogP contribution in [0, 0.1) is 5.92 Å². The van der Waals surface area contributed by atoms with Gasteiger partial charge in [0, 0.05) is 19.0 Å². The topological polar surface area (TPSA) is 44.4 Å². The van der Waals surface area contributed by atoms with Gasteiger partial charge in [0.25, 0.3) is 5.91 Å². The second-order valence-corrected chi connectivity index (χ2v) is 9.36. The summed E-state index contributed by atoms with van der Waals surface area (Å²) in [6.07, 6.45) is 24.0. The van der Waals surface area contributed by atoms with Crippen LogP contribution in [0.5, 0.6) is 0 Å². The summed E-state index contributed by atoms with van der Waals surface area (Å²) in [5.41, 5.74) is 6.67. The summed E-state index contributed by atoms with van der Waals surface area (Å²) in [7, 11) is 0. The van der Waals surface area contributed by atoms with Crippen molar-refractivity contribution >= 4 is 5.91 Å².